The molecular weight excluding hydrogens is 342 g/mol. The largest absolute Gasteiger partial charge is 0.457 e. The number of amides is 2. The van der Waals surface area contributed by atoms with Crippen LogP contribution < -0.4 is 20.4 Å². The van der Waals surface area contributed by atoms with Crippen LogP contribution in [0.3, 0.4) is 0 Å². The zero-order valence-electron chi connectivity index (χ0n) is 14.8. The summed E-state index contributed by atoms with van der Waals surface area (Å²) in [7, 11) is 0. The molecule has 0 fully saturated rings. The Balaban J connectivity index is 1.65. The Morgan fingerprint density at radius 1 is 0.963 bits per heavy atom. The van der Waals surface area contributed by atoms with E-state index in [-0.39, 0.29) is 5.91 Å². The smallest absolute Gasteiger partial charge is 0.293 e. The number of hydrogen-bond donors (Lipinski definition) is 2. The molecule has 27 heavy (non-hydrogen) atoms. The summed E-state index contributed by atoms with van der Waals surface area (Å²) in [5.41, 5.74) is 6.29. The third kappa shape index (κ3) is 4.70. The molecule has 0 saturated carbocycles. The first-order valence-electron chi connectivity index (χ1n) is 8.47. The van der Waals surface area contributed by atoms with E-state index in [1.54, 1.807) is 60.3 Å². The second-order valence-corrected chi connectivity index (χ2v) is 6.01. The number of rotatable bonds is 6. The molecular formula is C21H20N3O3+. The van der Waals surface area contributed by atoms with Crippen LogP contribution in [0, 0.1) is 0 Å². The van der Waals surface area contributed by atoms with Gasteiger partial charge in [0.25, 0.3) is 11.8 Å². The number of nitrogens with two attached hydrogens (primary N) is 1. The summed E-state index contributed by atoms with van der Waals surface area (Å²) in [4.78, 5) is 23.8. The van der Waals surface area contributed by atoms with Crippen LogP contribution in [0.25, 0.3) is 0 Å². The monoisotopic (exact) mass is 362 g/mol. The number of aromatic nitrogens is 1. The van der Waals surface area contributed by atoms with E-state index in [1.165, 1.54) is 0 Å². The van der Waals surface area contributed by atoms with Crippen molar-refractivity contribution in [2.75, 3.05) is 5.32 Å². The van der Waals surface area contributed by atoms with Crippen LogP contribution in [-0.4, -0.2) is 11.8 Å². The SMILES string of the molecule is C[C@@H](C(=O)Nc1ccc(Oc2ccccc2)cc1)[n+]1cccc(C(N)=O)c1. The first kappa shape index (κ1) is 18.1. The van der Waals surface area contributed by atoms with Crippen LogP contribution in [0.15, 0.2) is 79.1 Å². The third-order valence-electron chi connectivity index (χ3n) is 4.03. The van der Waals surface area contributed by atoms with Crippen LogP contribution in [0.4, 0.5) is 5.69 Å². The van der Waals surface area contributed by atoms with Gasteiger partial charge < -0.3 is 15.8 Å². The summed E-state index contributed by atoms with van der Waals surface area (Å²) in [5.74, 6) is 0.675. The summed E-state index contributed by atoms with van der Waals surface area (Å²) < 4.78 is 7.37. The van der Waals surface area contributed by atoms with Crippen LogP contribution in [-0.2, 0) is 4.79 Å². The van der Waals surface area contributed by atoms with Gasteiger partial charge in [-0.3, -0.25) is 9.59 Å². The minimum atomic E-state index is -0.536. The van der Waals surface area contributed by atoms with Crippen LogP contribution in [0.5, 0.6) is 11.5 Å². The lowest BCUT2D eigenvalue weighted by atomic mass is 10.2. The van der Waals surface area contributed by atoms with Gasteiger partial charge in [0.05, 0.1) is 0 Å². The standard InChI is InChI=1S/C21H19N3O3/c1-15(24-13-5-6-16(14-24)20(22)25)21(26)23-17-9-11-19(12-10-17)27-18-7-3-2-4-8-18/h2-15H,1H3,(H2-,22,23,25,26)/p+1/t15-/m0/s1. The molecule has 6 heteroatoms. The summed E-state index contributed by atoms with van der Waals surface area (Å²) in [6.07, 6.45) is 3.27. The zero-order chi connectivity index (χ0) is 19.2. The lowest BCUT2D eigenvalue weighted by Crippen LogP contribution is -2.44. The van der Waals surface area contributed by atoms with Crippen molar-refractivity contribution in [2.45, 2.75) is 13.0 Å². The van der Waals surface area contributed by atoms with Gasteiger partial charge in [-0.2, -0.15) is 4.57 Å². The first-order valence-corrected chi connectivity index (χ1v) is 8.47. The molecule has 0 aliphatic heterocycles. The van der Waals surface area contributed by atoms with Gasteiger partial charge in [-0.15, -0.1) is 0 Å². The van der Waals surface area contributed by atoms with E-state index in [1.807, 2.05) is 30.3 Å². The molecule has 2 amide bonds. The molecule has 3 rings (SSSR count). The number of nitrogens with zero attached hydrogens (tertiary/aromatic N) is 1. The Morgan fingerprint density at radius 3 is 2.30 bits per heavy atom. The quantitative estimate of drug-likeness (QED) is 0.661. The second-order valence-electron chi connectivity index (χ2n) is 6.01. The lowest BCUT2D eigenvalue weighted by Gasteiger charge is -2.10. The number of carbonyl (C=O) groups excluding carboxylic acids is 2. The molecule has 2 aromatic carbocycles. The van der Waals surface area contributed by atoms with E-state index in [4.69, 9.17) is 10.5 Å². The highest BCUT2D eigenvalue weighted by atomic mass is 16.5. The summed E-state index contributed by atoms with van der Waals surface area (Å²) in [5, 5.41) is 2.85. The van der Waals surface area contributed by atoms with Crippen molar-refractivity contribution in [3.8, 4) is 11.5 Å². The average molecular weight is 362 g/mol. The molecule has 0 saturated heterocycles. The van der Waals surface area contributed by atoms with Crippen LogP contribution >= 0.6 is 0 Å². The van der Waals surface area contributed by atoms with Crippen molar-refractivity contribution in [1.29, 1.82) is 0 Å². The number of primary amides is 1. The van der Waals surface area contributed by atoms with Crippen molar-refractivity contribution >= 4 is 17.5 Å². The van der Waals surface area contributed by atoms with Gasteiger partial charge in [0.1, 0.15) is 17.1 Å². The summed E-state index contributed by atoms with van der Waals surface area (Å²) >= 11 is 0. The molecule has 0 spiro atoms. The van der Waals surface area contributed by atoms with Gasteiger partial charge in [0, 0.05) is 18.7 Å². The average Bonchev–Trinajstić information content (AvgIpc) is 2.69. The van der Waals surface area contributed by atoms with Crippen LogP contribution in [0.2, 0.25) is 0 Å². The highest BCUT2D eigenvalue weighted by Gasteiger charge is 2.23. The van der Waals surface area contributed by atoms with Crippen molar-refractivity contribution in [1.82, 2.24) is 0 Å². The summed E-state index contributed by atoms with van der Waals surface area (Å²) in [6, 6.07) is 19.3. The Hall–Kier alpha value is -3.67. The number of benzene rings is 2. The number of carbonyl (C=O) groups is 2. The van der Waals surface area contributed by atoms with Crippen molar-refractivity contribution in [3.05, 3.63) is 84.7 Å². The normalized spacial score (nSPS) is 11.4. The molecule has 1 aromatic heterocycles. The second kappa shape index (κ2) is 8.14. The minimum absolute atomic E-state index is 0.210. The third-order valence-corrected chi connectivity index (χ3v) is 4.03. The Morgan fingerprint density at radius 2 is 1.63 bits per heavy atom. The fourth-order valence-electron chi connectivity index (χ4n) is 2.49. The number of ether oxygens (including phenoxy) is 1. The maximum atomic E-state index is 12.5. The van der Waals surface area contributed by atoms with Gasteiger partial charge in [0.15, 0.2) is 12.4 Å². The molecule has 3 aromatic rings. The van der Waals surface area contributed by atoms with E-state index < -0.39 is 11.9 Å². The lowest BCUT2D eigenvalue weighted by molar-refractivity contribution is -0.705. The highest BCUT2D eigenvalue weighted by molar-refractivity contribution is 5.93. The Kier molecular flexibility index (Phi) is 5.47. The Labute approximate surface area is 157 Å². The topological polar surface area (TPSA) is 85.3 Å². The van der Waals surface area contributed by atoms with E-state index >= 15 is 0 Å². The number of pyridine rings is 1. The molecule has 1 atom stereocenters. The maximum absolute atomic E-state index is 12.5. The molecule has 0 aliphatic carbocycles. The van der Waals surface area contributed by atoms with E-state index in [2.05, 4.69) is 5.32 Å². The summed E-state index contributed by atoms with van der Waals surface area (Å²) in [6.45, 7) is 1.74. The van der Waals surface area contributed by atoms with Crippen LogP contribution in [0.1, 0.15) is 23.3 Å². The molecule has 3 N–H and O–H groups in total. The van der Waals surface area contributed by atoms with Gasteiger partial charge in [0.2, 0.25) is 6.04 Å². The van der Waals surface area contributed by atoms with E-state index in [0.717, 1.165) is 5.75 Å². The minimum Gasteiger partial charge on any atom is -0.457 e. The first-order chi connectivity index (χ1) is 13.0. The highest BCUT2D eigenvalue weighted by Crippen LogP contribution is 2.22. The number of nitrogens with one attached hydrogen (secondary N) is 1. The van der Waals surface area contributed by atoms with Gasteiger partial charge >= 0.3 is 0 Å². The van der Waals surface area contributed by atoms with Gasteiger partial charge in [-0.25, -0.2) is 0 Å². The molecule has 136 valence electrons. The van der Waals surface area contributed by atoms with Gasteiger partial charge in [-0.05, 0) is 42.5 Å². The maximum Gasteiger partial charge on any atom is 0.293 e. The molecule has 0 unspecified atom stereocenters. The predicted octanol–water partition coefficient (Wildman–Crippen LogP) is 3.07. The van der Waals surface area contributed by atoms with Gasteiger partial charge in [-0.1, -0.05) is 18.2 Å². The molecule has 1 heterocycles. The van der Waals surface area contributed by atoms with Crippen molar-refractivity contribution in [2.24, 2.45) is 5.73 Å². The van der Waals surface area contributed by atoms with Crippen molar-refractivity contribution in [3.63, 3.8) is 0 Å². The zero-order valence-corrected chi connectivity index (χ0v) is 14.8. The Bertz CT molecular complexity index is 940. The number of hydrogen-bond acceptors (Lipinski definition) is 3. The fraction of sp³-hybridized carbons (Fsp3) is 0.0952. The molecule has 0 radical (unpaired) electrons. The molecule has 6 nitrogen and oxygen atoms in total. The van der Waals surface area contributed by atoms with E-state index in [0.29, 0.717) is 17.0 Å². The predicted molar refractivity (Wildman–Crippen MR) is 101 cm³/mol. The number of anilines is 1. The van der Waals surface area contributed by atoms with Crippen molar-refractivity contribution < 1.29 is 18.9 Å². The molecule has 0 aliphatic rings. The van der Waals surface area contributed by atoms with E-state index in [9.17, 15) is 9.59 Å². The number of para-hydroxylation sites is 1. The molecule has 0 bridgehead atoms. The fourth-order valence-corrected chi connectivity index (χ4v) is 2.49.